The van der Waals surface area contributed by atoms with Crippen LogP contribution in [0.3, 0.4) is 0 Å². The highest BCUT2D eigenvalue weighted by molar-refractivity contribution is 7.98. The van der Waals surface area contributed by atoms with Gasteiger partial charge in [0, 0.05) is 17.5 Å². The quantitative estimate of drug-likeness (QED) is 0.420. The Kier molecular flexibility index (Phi) is 7.19. The number of nitriles is 2. The minimum absolute atomic E-state index is 0.109. The minimum atomic E-state index is -2.60. The first kappa shape index (κ1) is 23.4. The number of aromatic nitrogens is 2. The molecule has 6 nitrogen and oxygen atoms in total. The summed E-state index contributed by atoms with van der Waals surface area (Å²) in [5, 5.41) is 20.4. The van der Waals surface area contributed by atoms with E-state index in [-0.39, 0.29) is 30.0 Å². The van der Waals surface area contributed by atoms with Crippen molar-refractivity contribution in [1.82, 2.24) is 9.97 Å². The molecule has 0 spiro atoms. The molecule has 1 fully saturated rings. The molecule has 3 aromatic rings. The predicted molar refractivity (Wildman–Crippen MR) is 122 cm³/mol. The Labute approximate surface area is 198 Å². The molecule has 2 aromatic heterocycles. The summed E-state index contributed by atoms with van der Waals surface area (Å²) >= 11 is 1.30. The molecule has 3 heterocycles. The molecule has 1 saturated heterocycles. The maximum absolute atomic E-state index is 13.6. The third kappa shape index (κ3) is 5.08. The van der Waals surface area contributed by atoms with Crippen LogP contribution in [0.2, 0.25) is 0 Å². The van der Waals surface area contributed by atoms with E-state index in [2.05, 4.69) is 22.1 Å². The van der Waals surface area contributed by atoms with Crippen molar-refractivity contribution in [1.29, 1.82) is 10.5 Å². The first-order chi connectivity index (χ1) is 16.5. The van der Waals surface area contributed by atoms with E-state index in [4.69, 9.17) is 4.74 Å². The number of hydrogen-bond donors (Lipinski definition) is 0. The van der Waals surface area contributed by atoms with Crippen LogP contribution in [-0.4, -0.2) is 42.3 Å². The number of hydrogen-bond acceptors (Lipinski definition) is 7. The summed E-state index contributed by atoms with van der Waals surface area (Å²) in [7, 11) is 0. The Morgan fingerprint density at radius 1 is 1.09 bits per heavy atom. The summed E-state index contributed by atoms with van der Waals surface area (Å²) in [6.45, 7) is -0.519. The van der Waals surface area contributed by atoms with Crippen molar-refractivity contribution < 1.29 is 17.9 Å². The van der Waals surface area contributed by atoms with Gasteiger partial charge in [0.2, 0.25) is 0 Å². The zero-order valence-electron chi connectivity index (χ0n) is 17.8. The van der Waals surface area contributed by atoms with Gasteiger partial charge in [-0.15, -0.1) is 0 Å². The van der Waals surface area contributed by atoms with Crippen LogP contribution in [0.5, 0.6) is 5.75 Å². The van der Waals surface area contributed by atoms with Crippen molar-refractivity contribution in [2.24, 2.45) is 0 Å². The third-order valence-corrected chi connectivity index (χ3v) is 6.12. The van der Waals surface area contributed by atoms with Crippen LogP contribution >= 0.6 is 11.8 Å². The zero-order chi connectivity index (χ0) is 24.1. The highest BCUT2D eigenvalue weighted by Crippen LogP contribution is 2.40. The average molecular weight is 482 g/mol. The van der Waals surface area contributed by atoms with Crippen LogP contribution in [0.1, 0.15) is 16.8 Å². The number of thioether (sulfide) groups is 1. The first-order valence-corrected chi connectivity index (χ1v) is 11.3. The second-order valence-corrected chi connectivity index (χ2v) is 8.39. The van der Waals surface area contributed by atoms with Crippen LogP contribution in [0.4, 0.5) is 19.0 Å². The molecule has 0 N–H and O–H groups in total. The molecule has 34 heavy (non-hydrogen) atoms. The average Bonchev–Trinajstić information content (AvgIpc) is 2.84. The fraction of sp³-hybridized carbons (Fsp3) is 0.250. The molecular weight excluding hydrogens is 463 g/mol. The van der Waals surface area contributed by atoms with Crippen LogP contribution < -0.4 is 9.64 Å². The summed E-state index contributed by atoms with van der Waals surface area (Å²) < 4.78 is 43.5. The van der Waals surface area contributed by atoms with Crippen molar-refractivity contribution in [3.05, 3.63) is 65.5 Å². The van der Waals surface area contributed by atoms with E-state index in [0.717, 1.165) is 5.69 Å². The summed E-state index contributed by atoms with van der Waals surface area (Å²) in [4.78, 5) is 10.5. The molecule has 4 rings (SSSR count). The fourth-order valence-corrected chi connectivity index (χ4v) is 4.38. The Bertz CT molecular complexity index is 1240. The molecule has 172 valence electrons. The number of halogens is 3. The van der Waals surface area contributed by atoms with E-state index in [1.54, 1.807) is 29.3 Å². The maximum atomic E-state index is 13.6. The van der Waals surface area contributed by atoms with Gasteiger partial charge < -0.3 is 9.64 Å². The van der Waals surface area contributed by atoms with E-state index >= 15 is 0 Å². The number of rotatable bonds is 8. The minimum Gasteiger partial charge on any atom is -0.488 e. The van der Waals surface area contributed by atoms with Gasteiger partial charge in [-0.1, -0.05) is 30.0 Å². The topological polar surface area (TPSA) is 85.8 Å². The summed E-state index contributed by atoms with van der Waals surface area (Å²) in [6, 6.07) is 16.0. The van der Waals surface area contributed by atoms with Crippen molar-refractivity contribution in [3.63, 3.8) is 0 Å². The van der Waals surface area contributed by atoms with Gasteiger partial charge in [0.25, 0.3) is 6.43 Å². The van der Waals surface area contributed by atoms with Crippen LogP contribution in [0.15, 0.2) is 53.7 Å². The number of nitrogens with zero attached hydrogens (tertiary/aromatic N) is 5. The molecule has 0 unspecified atom stereocenters. The Morgan fingerprint density at radius 2 is 1.82 bits per heavy atom. The summed E-state index contributed by atoms with van der Waals surface area (Å²) in [5.74, 6) is 0.995. The number of ether oxygens (including phenoxy) is 1. The Balaban J connectivity index is 1.77. The largest absolute Gasteiger partial charge is 0.488 e. The molecular formula is C24H18F3N5OS. The lowest BCUT2D eigenvalue weighted by atomic mass is 9.95. The number of anilines is 1. The Hall–Kier alpha value is -3.76. The van der Waals surface area contributed by atoms with E-state index in [1.807, 2.05) is 12.1 Å². The van der Waals surface area contributed by atoms with Crippen molar-refractivity contribution in [2.45, 2.75) is 23.4 Å². The molecule has 0 aliphatic carbocycles. The SMILES string of the molecule is N#Cc1c(SCc2ccccn2)nc(N2CC(F)C2)c(C#N)c1-c1ccc(OCC(F)F)cc1. The van der Waals surface area contributed by atoms with Crippen LogP contribution in [-0.2, 0) is 5.75 Å². The Morgan fingerprint density at radius 3 is 2.41 bits per heavy atom. The lowest BCUT2D eigenvalue weighted by Gasteiger charge is -2.36. The summed E-state index contributed by atoms with van der Waals surface area (Å²) in [6.07, 6.45) is -1.95. The number of alkyl halides is 3. The molecule has 0 saturated carbocycles. The van der Waals surface area contributed by atoms with E-state index in [0.29, 0.717) is 27.7 Å². The van der Waals surface area contributed by atoms with Crippen LogP contribution in [0.25, 0.3) is 11.1 Å². The summed E-state index contributed by atoms with van der Waals surface area (Å²) in [5.41, 5.74) is 2.05. The van der Waals surface area contributed by atoms with Gasteiger partial charge in [-0.25, -0.2) is 18.2 Å². The second kappa shape index (κ2) is 10.4. The monoisotopic (exact) mass is 481 g/mol. The smallest absolute Gasteiger partial charge is 0.272 e. The lowest BCUT2D eigenvalue weighted by Crippen LogP contribution is -2.49. The van der Waals surface area contributed by atoms with Gasteiger partial charge >= 0.3 is 0 Å². The molecule has 0 amide bonds. The molecule has 0 bridgehead atoms. The van der Waals surface area contributed by atoms with Gasteiger partial charge in [-0.2, -0.15) is 10.5 Å². The zero-order valence-corrected chi connectivity index (χ0v) is 18.6. The molecule has 1 aromatic carbocycles. The van der Waals surface area contributed by atoms with Crippen LogP contribution in [0, 0.1) is 22.7 Å². The molecule has 1 aliphatic heterocycles. The standard InChI is InChI=1S/C24H18F3N5OS/c25-16-11-32(12-16)23-19(9-28)22(15-4-6-18(7-5-15)33-13-21(26)27)20(10-29)24(31-23)34-14-17-3-1-2-8-30-17/h1-8,16,21H,11-14H2. The van der Waals surface area contributed by atoms with Gasteiger partial charge in [-0.05, 0) is 29.8 Å². The predicted octanol–water partition coefficient (Wildman–Crippen LogP) is 4.98. The van der Waals surface area contributed by atoms with E-state index in [9.17, 15) is 23.7 Å². The maximum Gasteiger partial charge on any atom is 0.272 e. The lowest BCUT2D eigenvalue weighted by molar-refractivity contribution is 0.0819. The third-order valence-electron chi connectivity index (χ3n) is 5.11. The number of benzene rings is 1. The van der Waals surface area contributed by atoms with Gasteiger partial charge in [0.15, 0.2) is 0 Å². The van der Waals surface area contributed by atoms with E-state index in [1.165, 1.54) is 23.9 Å². The van der Waals surface area contributed by atoms with Gasteiger partial charge in [0.1, 0.15) is 47.1 Å². The fourth-order valence-electron chi connectivity index (χ4n) is 3.48. The number of pyridine rings is 2. The highest BCUT2D eigenvalue weighted by atomic mass is 32.2. The molecule has 10 heteroatoms. The van der Waals surface area contributed by atoms with Gasteiger partial charge in [-0.3, -0.25) is 4.98 Å². The van der Waals surface area contributed by atoms with Gasteiger partial charge in [0.05, 0.1) is 24.3 Å². The second-order valence-electron chi connectivity index (χ2n) is 7.43. The first-order valence-electron chi connectivity index (χ1n) is 10.3. The normalized spacial score (nSPS) is 13.3. The molecule has 0 radical (unpaired) electrons. The molecule has 1 aliphatic rings. The molecule has 0 atom stereocenters. The van der Waals surface area contributed by atoms with Crippen molar-refractivity contribution in [3.8, 4) is 29.0 Å². The van der Waals surface area contributed by atoms with Crippen molar-refractivity contribution >= 4 is 17.6 Å². The van der Waals surface area contributed by atoms with E-state index < -0.39 is 19.2 Å². The van der Waals surface area contributed by atoms with Crippen molar-refractivity contribution in [2.75, 3.05) is 24.6 Å². The highest BCUT2D eigenvalue weighted by Gasteiger charge is 2.32.